The molecule has 0 saturated carbocycles. The fraction of sp³-hybridized carbons (Fsp3) is 0.682. The first kappa shape index (κ1) is 23.4. The second-order valence-electron chi connectivity index (χ2n) is 7.65. The second-order valence-corrected chi connectivity index (χ2v) is 7.65. The molecular formula is C22H37IN4O. The molecule has 0 spiro atoms. The van der Waals surface area contributed by atoms with E-state index in [9.17, 15) is 0 Å². The third-order valence-corrected chi connectivity index (χ3v) is 5.75. The highest BCUT2D eigenvalue weighted by molar-refractivity contribution is 14.0. The zero-order valence-electron chi connectivity index (χ0n) is 17.5. The molecule has 0 unspecified atom stereocenters. The maximum atomic E-state index is 5.77. The average molecular weight is 500 g/mol. The van der Waals surface area contributed by atoms with Crippen molar-refractivity contribution in [2.45, 2.75) is 58.2 Å². The van der Waals surface area contributed by atoms with Gasteiger partial charge < -0.3 is 15.0 Å². The fourth-order valence-corrected chi connectivity index (χ4v) is 4.22. The first-order valence-electron chi connectivity index (χ1n) is 10.7. The number of aliphatic imine (C=N–C) groups is 1. The van der Waals surface area contributed by atoms with Crippen LogP contribution in [-0.4, -0.2) is 61.7 Å². The number of halogens is 1. The molecule has 2 aliphatic rings. The molecule has 2 fully saturated rings. The van der Waals surface area contributed by atoms with Crippen LogP contribution in [-0.2, 0) is 17.8 Å². The minimum atomic E-state index is 0. The first-order valence-corrected chi connectivity index (χ1v) is 10.7. The Balaban J connectivity index is 0.00000280. The molecule has 1 aromatic rings. The first-order chi connectivity index (χ1) is 13.3. The number of hydrogen-bond acceptors (Lipinski definition) is 3. The number of nitrogens with zero attached hydrogens (tertiary/aromatic N) is 3. The van der Waals surface area contributed by atoms with E-state index >= 15 is 0 Å². The molecule has 2 aliphatic heterocycles. The van der Waals surface area contributed by atoms with Crippen LogP contribution in [0.15, 0.2) is 29.3 Å². The maximum absolute atomic E-state index is 5.77. The normalized spacial score (nSPS) is 19.4. The molecule has 28 heavy (non-hydrogen) atoms. The highest BCUT2D eigenvalue weighted by Gasteiger charge is 2.21. The quantitative estimate of drug-likeness (QED) is 0.366. The van der Waals surface area contributed by atoms with Crippen LogP contribution in [0.25, 0.3) is 0 Å². The van der Waals surface area contributed by atoms with E-state index in [-0.39, 0.29) is 24.0 Å². The molecule has 0 aromatic heterocycles. The number of likely N-dealkylation sites (tertiary alicyclic amines) is 2. The number of nitrogens with one attached hydrogen (secondary N) is 1. The van der Waals surface area contributed by atoms with Gasteiger partial charge in [0.15, 0.2) is 5.96 Å². The summed E-state index contributed by atoms with van der Waals surface area (Å²) in [5, 5.41) is 3.60. The van der Waals surface area contributed by atoms with Crippen LogP contribution < -0.4 is 5.32 Å². The highest BCUT2D eigenvalue weighted by atomic mass is 127. The number of hydrogen-bond donors (Lipinski definition) is 1. The number of rotatable bonds is 6. The van der Waals surface area contributed by atoms with Gasteiger partial charge in [-0.25, -0.2) is 0 Å². The number of piperidine rings is 2. The van der Waals surface area contributed by atoms with Gasteiger partial charge in [-0.15, -0.1) is 24.0 Å². The second kappa shape index (κ2) is 12.6. The summed E-state index contributed by atoms with van der Waals surface area (Å²) in [6.07, 6.45) is 6.64. The molecule has 0 atom stereocenters. The molecule has 0 radical (unpaired) electrons. The lowest BCUT2D eigenvalue weighted by Crippen LogP contribution is -2.46. The van der Waals surface area contributed by atoms with E-state index in [1.54, 1.807) is 0 Å². The van der Waals surface area contributed by atoms with E-state index in [2.05, 4.69) is 51.3 Å². The third kappa shape index (κ3) is 6.88. The van der Waals surface area contributed by atoms with Gasteiger partial charge in [0.05, 0.1) is 6.10 Å². The van der Waals surface area contributed by atoms with Gasteiger partial charge in [0, 0.05) is 39.8 Å². The van der Waals surface area contributed by atoms with Crippen LogP contribution in [0.3, 0.4) is 0 Å². The van der Waals surface area contributed by atoms with Crippen molar-refractivity contribution in [2.24, 2.45) is 4.99 Å². The van der Waals surface area contributed by atoms with Crippen molar-refractivity contribution in [2.75, 3.05) is 39.8 Å². The Labute approximate surface area is 187 Å². The third-order valence-electron chi connectivity index (χ3n) is 5.75. The Morgan fingerprint density at radius 3 is 2.39 bits per heavy atom. The smallest absolute Gasteiger partial charge is 0.193 e. The average Bonchev–Trinajstić information content (AvgIpc) is 2.72. The summed E-state index contributed by atoms with van der Waals surface area (Å²) in [7, 11) is 1.89. The Hall–Kier alpha value is -0.860. The summed E-state index contributed by atoms with van der Waals surface area (Å²) in [5.74, 6) is 1.01. The van der Waals surface area contributed by atoms with Crippen LogP contribution in [0.2, 0.25) is 0 Å². The van der Waals surface area contributed by atoms with Gasteiger partial charge in [-0.2, -0.15) is 0 Å². The molecular weight excluding hydrogens is 463 g/mol. The van der Waals surface area contributed by atoms with Gasteiger partial charge in [-0.05, 0) is 56.8 Å². The lowest BCUT2D eigenvalue weighted by molar-refractivity contribution is 0.0263. The topological polar surface area (TPSA) is 40.1 Å². The molecule has 6 heteroatoms. The van der Waals surface area contributed by atoms with Gasteiger partial charge in [-0.1, -0.05) is 30.7 Å². The summed E-state index contributed by atoms with van der Waals surface area (Å²) in [5.41, 5.74) is 2.82. The Bertz CT molecular complexity index is 596. The summed E-state index contributed by atoms with van der Waals surface area (Å²) >= 11 is 0. The molecule has 2 heterocycles. The van der Waals surface area contributed by atoms with Crippen LogP contribution in [0, 0.1) is 0 Å². The molecule has 0 bridgehead atoms. The molecule has 5 nitrogen and oxygen atoms in total. The monoisotopic (exact) mass is 500 g/mol. The standard InChI is InChI=1S/C22H36N4O.HI/c1-3-27-21-11-15-26(16-12-21)22(23-2)24-17-19-9-5-6-10-20(19)18-25-13-7-4-8-14-25;/h5-6,9-10,21H,3-4,7-8,11-18H2,1-2H3,(H,23,24);1H. The number of guanidine groups is 1. The van der Waals surface area contributed by atoms with Crippen LogP contribution >= 0.6 is 24.0 Å². The molecule has 0 aliphatic carbocycles. The minimum Gasteiger partial charge on any atom is -0.378 e. The van der Waals surface area contributed by atoms with E-state index in [0.717, 1.165) is 51.6 Å². The van der Waals surface area contributed by atoms with Crippen molar-refractivity contribution in [3.05, 3.63) is 35.4 Å². The largest absolute Gasteiger partial charge is 0.378 e. The van der Waals surface area contributed by atoms with E-state index in [4.69, 9.17) is 4.74 Å². The lowest BCUT2D eigenvalue weighted by atomic mass is 10.0. The van der Waals surface area contributed by atoms with Crippen LogP contribution in [0.4, 0.5) is 0 Å². The Morgan fingerprint density at radius 1 is 1.07 bits per heavy atom. The summed E-state index contributed by atoms with van der Waals surface area (Å²) < 4.78 is 5.77. The molecule has 1 N–H and O–H groups in total. The highest BCUT2D eigenvalue weighted by Crippen LogP contribution is 2.17. The van der Waals surface area contributed by atoms with E-state index < -0.39 is 0 Å². The van der Waals surface area contributed by atoms with Crippen molar-refractivity contribution in [3.8, 4) is 0 Å². The van der Waals surface area contributed by atoms with Crippen molar-refractivity contribution >= 4 is 29.9 Å². The molecule has 1 aromatic carbocycles. The fourth-order valence-electron chi connectivity index (χ4n) is 4.22. The summed E-state index contributed by atoms with van der Waals surface area (Å²) in [4.78, 5) is 9.48. The van der Waals surface area contributed by atoms with E-state index in [1.807, 2.05) is 7.05 Å². The van der Waals surface area contributed by atoms with Crippen molar-refractivity contribution in [1.82, 2.24) is 15.1 Å². The summed E-state index contributed by atoms with van der Waals surface area (Å²) in [6, 6.07) is 8.84. The van der Waals surface area contributed by atoms with Crippen molar-refractivity contribution in [1.29, 1.82) is 0 Å². The maximum Gasteiger partial charge on any atom is 0.193 e. The summed E-state index contributed by atoms with van der Waals surface area (Å²) in [6.45, 7) is 9.29. The minimum absolute atomic E-state index is 0. The molecule has 0 amide bonds. The van der Waals surface area contributed by atoms with E-state index in [1.165, 1.54) is 43.5 Å². The zero-order valence-corrected chi connectivity index (χ0v) is 19.9. The van der Waals surface area contributed by atoms with Crippen LogP contribution in [0.1, 0.15) is 50.2 Å². The Kier molecular flexibility index (Phi) is 10.6. The number of benzene rings is 1. The van der Waals surface area contributed by atoms with Crippen LogP contribution in [0.5, 0.6) is 0 Å². The predicted molar refractivity (Wildman–Crippen MR) is 127 cm³/mol. The van der Waals surface area contributed by atoms with Crippen molar-refractivity contribution < 1.29 is 4.74 Å². The van der Waals surface area contributed by atoms with Gasteiger partial charge in [0.1, 0.15) is 0 Å². The Morgan fingerprint density at radius 2 is 1.75 bits per heavy atom. The van der Waals surface area contributed by atoms with Gasteiger partial charge >= 0.3 is 0 Å². The SMILES string of the molecule is CCOC1CCN(C(=NC)NCc2ccccc2CN2CCCCC2)CC1.I. The van der Waals surface area contributed by atoms with Crippen molar-refractivity contribution in [3.63, 3.8) is 0 Å². The molecule has 158 valence electrons. The molecule has 3 rings (SSSR count). The number of ether oxygens (including phenoxy) is 1. The van der Waals surface area contributed by atoms with Gasteiger partial charge in [0.25, 0.3) is 0 Å². The molecule has 2 saturated heterocycles. The zero-order chi connectivity index (χ0) is 18.9. The van der Waals surface area contributed by atoms with Gasteiger partial charge in [0.2, 0.25) is 0 Å². The predicted octanol–water partition coefficient (Wildman–Crippen LogP) is 3.87. The lowest BCUT2D eigenvalue weighted by Gasteiger charge is -2.34. The van der Waals surface area contributed by atoms with E-state index in [0.29, 0.717) is 6.10 Å². The van der Waals surface area contributed by atoms with Gasteiger partial charge in [-0.3, -0.25) is 9.89 Å².